The van der Waals surface area contributed by atoms with E-state index in [2.05, 4.69) is 4.98 Å². The summed E-state index contributed by atoms with van der Waals surface area (Å²) < 4.78 is 10.1. The Hall–Kier alpha value is -1.85. The molecule has 2 rings (SSSR count). The minimum atomic E-state index is -0.757. The van der Waals surface area contributed by atoms with Crippen molar-refractivity contribution in [3.05, 3.63) is 35.0 Å². The van der Waals surface area contributed by atoms with Crippen LogP contribution in [0.25, 0.3) is 10.9 Å². The molecule has 0 aliphatic rings. The van der Waals surface area contributed by atoms with Crippen molar-refractivity contribution in [1.29, 1.82) is 0 Å². The second kappa shape index (κ2) is 6.74. The number of rotatable bonds is 5. The average molecular weight is 309 g/mol. The van der Waals surface area contributed by atoms with Gasteiger partial charge >= 0.3 is 5.97 Å². The van der Waals surface area contributed by atoms with Gasteiger partial charge in [0.1, 0.15) is 16.9 Å². The van der Waals surface area contributed by atoms with E-state index in [0.717, 1.165) is 16.7 Å². The normalized spacial score (nSPS) is 12.2. The topological polar surface area (TPSA) is 74.4 Å². The lowest BCUT2D eigenvalue weighted by Gasteiger charge is -2.12. The Bertz CT molecular complexity index is 661. The van der Waals surface area contributed by atoms with Gasteiger partial charge in [0.15, 0.2) is 0 Å². The first-order chi connectivity index (χ1) is 10.0. The lowest BCUT2D eigenvalue weighted by molar-refractivity contribution is -0.144. The van der Waals surface area contributed by atoms with E-state index in [1.165, 1.54) is 0 Å². The van der Waals surface area contributed by atoms with E-state index in [-0.39, 0.29) is 6.42 Å². The fraction of sp³-hybridized carbons (Fsp3) is 0.333. The highest BCUT2D eigenvalue weighted by atomic mass is 35.5. The van der Waals surface area contributed by atoms with Gasteiger partial charge in [0.25, 0.3) is 0 Å². The number of nitrogens with two attached hydrogens (primary N) is 1. The fourth-order valence-electron chi connectivity index (χ4n) is 2.01. The van der Waals surface area contributed by atoms with Crippen LogP contribution in [0.2, 0.25) is 5.15 Å². The first-order valence-corrected chi connectivity index (χ1v) is 6.98. The standard InChI is InChI=1S/C15H17ClN2O3/c1-3-21-15(19)12(17)8-10-6-9-7-11(20-2)4-5-13(9)18-14(10)16/h4-7,12H,3,8,17H2,1-2H3. The van der Waals surface area contributed by atoms with E-state index in [4.69, 9.17) is 26.8 Å². The van der Waals surface area contributed by atoms with Crippen LogP contribution < -0.4 is 10.5 Å². The quantitative estimate of drug-likeness (QED) is 0.678. The van der Waals surface area contributed by atoms with Crippen LogP contribution in [0.3, 0.4) is 0 Å². The number of esters is 1. The minimum Gasteiger partial charge on any atom is -0.497 e. The molecule has 0 amide bonds. The second-order valence-corrected chi connectivity index (χ2v) is 4.92. The maximum atomic E-state index is 11.6. The molecule has 0 radical (unpaired) electrons. The Morgan fingerprint density at radius 3 is 2.86 bits per heavy atom. The van der Waals surface area contributed by atoms with Gasteiger partial charge < -0.3 is 15.2 Å². The second-order valence-electron chi connectivity index (χ2n) is 4.56. The third-order valence-electron chi connectivity index (χ3n) is 3.08. The number of carbonyl (C=O) groups excluding carboxylic acids is 1. The molecule has 0 bridgehead atoms. The Kier molecular flexibility index (Phi) is 4.98. The number of hydrogen-bond acceptors (Lipinski definition) is 5. The summed E-state index contributed by atoms with van der Waals surface area (Å²) in [5, 5.41) is 1.22. The highest BCUT2D eigenvalue weighted by Gasteiger charge is 2.17. The molecule has 0 spiro atoms. The highest BCUT2D eigenvalue weighted by molar-refractivity contribution is 6.30. The maximum absolute atomic E-state index is 11.6. The van der Waals surface area contributed by atoms with Crippen LogP contribution in [0.5, 0.6) is 5.75 Å². The van der Waals surface area contributed by atoms with Crippen LogP contribution in [0.15, 0.2) is 24.3 Å². The minimum absolute atomic E-state index is 0.276. The smallest absolute Gasteiger partial charge is 0.323 e. The molecule has 0 aliphatic heterocycles. The predicted octanol–water partition coefficient (Wildman–Crippen LogP) is 2.33. The van der Waals surface area contributed by atoms with E-state index < -0.39 is 12.0 Å². The van der Waals surface area contributed by atoms with Crippen LogP contribution in [0.1, 0.15) is 12.5 Å². The monoisotopic (exact) mass is 308 g/mol. The van der Waals surface area contributed by atoms with Crippen molar-refractivity contribution < 1.29 is 14.3 Å². The van der Waals surface area contributed by atoms with Gasteiger partial charge in [-0.15, -0.1) is 0 Å². The molecule has 0 saturated heterocycles. The zero-order chi connectivity index (χ0) is 15.4. The van der Waals surface area contributed by atoms with E-state index >= 15 is 0 Å². The van der Waals surface area contributed by atoms with Crippen molar-refractivity contribution in [2.75, 3.05) is 13.7 Å². The molecule has 2 N–H and O–H groups in total. The number of methoxy groups -OCH3 is 1. The molecule has 2 aromatic rings. The van der Waals surface area contributed by atoms with Crippen LogP contribution >= 0.6 is 11.6 Å². The number of carbonyl (C=O) groups is 1. The van der Waals surface area contributed by atoms with Gasteiger partial charge in [0, 0.05) is 11.8 Å². The Morgan fingerprint density at radius 2 is 2.19 bits per heavy atom. The third-order valence-corrected chi connectivity index (χ3v) is 3.40. The number of benzene rings is 1. The number of hydrogen-bond donors (Lipinski definition) is 1. The molecular formula is C15H17ClN2O3. The molecule has 0 saturated carbocycles. The molecular weight excluding hydrogens is 292 g/mol. The third kappa shape index (κ3) is 3.62. The summed E-state index contributed by atoms with van der Waals surface area (Å²) in [6.45, 7) is 2.04. The summed E-state index contributed by atoms with van der Waals surface area (Å²) in [4.78, 5) is 15.9. The first-order valence-electron chi connectivity index (χ1n) is 6.60. The molecule has 0 fully saturated rings. The maximum Gasteiger partial charge on any atom is 0.323 e. The van der Waals surface area contributed by atoms with E-state index in [1.54, 1.807) is 14.0 Å². The lowest BCUT2D eigenvalue weighted by atomic mass is 10.1. The molecule has 1 unspecified atom stereocenters. The van der Waals surface area contributed by atoms with Gasteiger partial charge in [-0.2, -0.15) is 0 Å². The predicted molar refractivity (Wildman–Crippen MR) is 81.6 cm³/mol. The van der Waals surface area contributed by atoms with Crippen molar-refractivity contribution in [2.45, 2.75) is 19.4 Å². The number of halogens is 1. The van der Waals surface area contributed by atoms with Crippen molar-refractivity contribution in [3.8, 4) is 5.75 Å². The molecule has 5 nitrogen and oxygen atoms in total. The van der Waals surface area contributed by atoms with E-state index in [9.17, 15) is 4.79 Å². The van der Waals surface area contributed by atoms with Gasteiger partial charge in [-0.05, 0) is 36.8 Å². The molecule has 6 heteroatoms. The SMILES string of the molecule is CCOC(=O)C(N)Cc1cc2cc(OC)ccc2nc1Cl. The number of nitrogens with zero attached hydrogens (tertiary/aromatic N) is 1. The number of fused-ring (bicyclic) bond motifs is 1. The molecule has 1 atom stereocenters. The van der Waals surface area contributed by atoms with Gasteiger partial charge in [0.05, 0.1) is 19.2 Å². The Morgan fingerprint density at radius 1 is 1.43 bits per heavy atom. The van der Waals surface area contributed by atoms with Gasteiger partial charge in [-0.1, -0.05) is 11.6 Å². The zero-order valence-electron chi connectivity index (χ0n) is 11.9. The van der Waals surface area contributed by atoms with Gasteiger partial charge in [0.2, 0.25) is 0 Å². The van der Waals surface area contributed by atoms with Crippen molar-refractivity contribution in [2.24, 2.45) is 5.73 Å². The largest absolute Gasteiger partial charge is 0.497 e. The molecule has 1 aromatic heterocycles. The molecule has 1 heterocycles. The van der Waals surface area contributed by atoms with E-state index in [1.807, 2.05) is 24.3 Å². The van der Waals surface area contributed by atoms with Gasteiger partial charge in [-0.3, -0.25) is 4.79 Å². The molecule has 112 valence electrons. The summed E-state index contributed by atoms with van der Waals surface area (Å²) in [5.41, 5.74) is 7.28. The lowest BCUT2D eigenvalue weighted by Crippen LogP contribution is -2.34. The zero-order valence-corrected chi connectivity index (χ0v) is 12.7. The Labute approximate surface area is 128 Å². The van der Waals surface area contributed by atoms with Crippen LogP contribution in [0, 0.1) is 0 Å². The fourth-order valence-corrected chi connectivity index (χ4v) is 2.24. The molecule has 21 heavy (non-hydrogen) atoms. The first kappa shape index (κ1) is 15.5. The Balaban J connectivity index is 2.30. The summed E-state index contributed by atoms with van der Waals surface area (Å²) in [6, 6.07) is 6.61. The van der Waals surface area contributed by atoms with Crippen molar-refractivity contribution in [3.63, 3.8) is 0 Å². The number of pyridine rings is 1. The summed E-state index contributed by atoms with van der Waals surface area (Å²) in [5.74, 6) is 0.284. The van der Waals surface area contributed by atoms with Crippen LogP contribution in [-0.4, -0.2) is 30.7 Å². The molecule has 1 aromatic carbocycles. The summed E-state index contributed by atoms with van der Waals surface area (Å²) >= 11 is 6.15. The van der Waals surface area contributed by atoms with Crippen molar-refractivity contribution >= 4 is 28.5 Å². The molecule has 0 aliphatic carbocycles. The van der Waals surface area contributed by atoms with E-state index in [0.29, 0.717) is 17.3 Å². The van der Waals surface area contributed by atoms with Crippen molar-refractivity contribution in [1.82, 2.24) is 4.98 Å². The summed E-state index contributed by atoms with van der Waals surface area (Å²) in [6.07, 6.45) is 0.276. The van der Waals surface area contributed by atoms with Crippen LogP contribution in [-0.2, 0) is 16.0 Å². The highest BCUT2D eigenvalue weighted by Crippen LogP contribution is 2.25. The average Bonchev–Trinajstić information content (AvgIpc) is 2.47. The number of aromatic nitrogens is 1. The van der Waals surface area contributed by atoms with Gasteiger partial charge in [-0.25, -0.2) is 4.98 Å². The number of ether oxygens (including phenoxy) is 2. The van der Waals surface area contributed by atoms with Crippen LogP contribution in [0.4, 0.5) is 0 Å². The summed E-state index contributed by atoms with van der Waals surface area (Å²) in [7, 11) is 1.60.